The zero-order valence-corrected chi connectivity index (χ0v) is 13.5. The van der Waals surface area contributed by atoms with Gasteiger partial charge in [0.2, 0.25) is 0 Å². The summed E-state index contributed by atoms with van der Waals surface area (Å²) in [5.41, 5.74) is 0.429. The summed E-state index contributed by atoms with van der Waals surface area (Å²) in [5, 5.41) is 0.331. The molecule has 0 aromatic heterocycles. The number of carbonyl (C=O) groups is 1. The maximum atomic E-state index is 13.4. The number of amidine groups is 1. The highest BCUT2D eigenvalue weighted by atomic mass is 32.2. The number of hydrogen-bond acceptors (Lipinski definition) is 3. The van der Waals surface area contributed by atoms with Crippen molar-refractivity contribution in [2.75, 3.05) is 29.1 Å². The molecule has 2 amide bonds. The van der Waals surface area contributed by atoms with Crippen LogP contribution in [0, 0.1) is 0 Å². The Bertz CT molecular complexity index is 910. The predicted octanol–water partition coefficient (Wildman–Crippen LogP) is 4.24. The van der Waals surface area contributed by atoms with E-state index in [0.717, 1.165) is 17.1 Å². The Kier molecular flexibility index (Phi) is 3.34. The molecule has 0 N–H and O–H groups in total. The molecule has 0 saturated carbocycles. The smallest absolute Gasteiger partial charge is 0.297 e. The van der Waals surface area contributed by atoms with Crippen molar-refractivity contribution in [3.05, 3.63) is 60.5 Å². The third-order valence-electron chi connectivity index (χ3n) is 3.30. The Morgan fingerprint density at radius 2 is 1.91 bits per heavy atom. The average molecular weight is 330 g/mol. The molecular formula is C18H19N3OS. The van der Waals surface area contributed by atoms with Crippen LogP contribution < -0.4 is 9.80 Å². The second-order valence-corrected chi connectivity index (χ2v) is 5.91. The fourth-order valence-corrected chi connectivity index (χ4v) is 3.06. The van der Waals surface area contributed by atoms with Gasteiger partial charge in [0.15, 0.2) is 5.17 Å². The summed E-state index contributed by atoms with van der Waals surface area (Å²) in [7, 11) is 1.58. The van der Waals surface area contributed by atoms with Crippen molar-refractivity contribution in [3.63, 3.8) is 0 Å². The van der Waals surface area contributed by atoms with E-state index >= 15 is 0 Å². The van der Waals surface area contributed by atoms with Crippen LogP contribution in [0.5, 0.6) is 0 Å². The first-order chi connectivity index (χ1) is 13.3. The van der Waals surface area contributed by atoms with E-state index in [-0.39, 0.29) is 5.69 Å². The van der Waals surface area contributed by atoms with Crippen LogP contribution in [-0.4, -0.2) is 30.5 Å². The van der Waals surface area contributed by atoms with Crippen molar-refractivity contribution in [3.8, 4) is 0 Å². The van der Waals surface area contributed by atoms with Crippen molar-refractivity contribution in [1.29, 1.82) is 0 Å². The highest BCUT2D eigenvalue weighted by Crippen LogP contribution is 2.25. The summed E-state index contributed by atoms with van der Waals surface area (Å²) in [4.78, 5) is 20.3. The third-order valence-corrected chi connectivity index (χ3v) is 4.37. The van der Waals surface area contributed by atoms with Gasteiger partial charge in [0.1, 0.15) is 0 Å². The number of carbonyl (C=O) groups excluding carboxylic acids is 1. The van der Waals surface area contributed by atoms with Crippen LogP contribution in [0.4, 0.5) is 16.2 Å². The van der Waals surface area contributed by atoms with Crippen LogP contribution in [0.2, 0.25) is 0 Å². The first kappa shape index (κ1) is 10.5. The van der Waals surface area contributed by atoms with E-state index in [4.69, 9.17) is 6.85 Å². The minimum Gasteiger partial charge on any atom is -0.297 e. The lowest BCUT2D eigenvalue weighted by atomic mass is 10.3. The molecule has 1 aliphatic rings. The normalized spacial score (nSPS) is 17.1. The SMILES string of the molecule is [2H]c1c([2H])c([2H])c(N(C(=O)N(C)c2ccccc2)C2=NCCCS2)c([2H])c1[2H]. The molecule has 4 nitrogen and oxygen atoms in total. The molecule has 1 aliphatic heterocycles. The largest absolute Gasteiger partial charge is 0.334 e. The number of para-hydroxylation sites is 2. The second-order valence-electron chi connectivity index (χ2n) is 4.85. The van der Waals surface area contributed by atoms with Crippen LogP contribution in [-0.2, 0) is 0 Å². The average Bonchev–Trinajstić information content (AvgIpc) is 2.74. The number of hydrogen-bond donors (Lipinski definition) is 0. The van der Waals surface area contributed by atoms with Gasteiger partial charge in [-0.25, -0.2) is 9.69 Å². The van der Waals surface area contributed by atoms with Gasteiger partial charge in [0, 0.05) is 25.0 Å². The van der Waals surface area contributed by atoms with Gasteiger partial charge >= 0.3 is 6.03 Å². The van der Waals surface area contributed by atoms with Crippen LogP contribution in [0.3, 0.4) is 0 Å². The molecule has 2 aromatic rings. The molecule has 0 atom stereocenters. The van der Waals surface area contributed by atoms with E-state index in [1.165, 1.54) is 16.7 Å². The fraction of sp³-hybridized carbons (Fsp3) is 0.222. The summed E-state index contributed by atoms with van der Waals surface area (Å²) in [6, 6.07) is 6.04. The lowest BCUT2D eigenvalue weighted by Gasteiger charge is -2.30. The minimum absolute atomic E-state index is 0.188. The Morgan fingerprint density at radius 1 is 1.17 bits per heavy atom. The molecule has 1 heterocycles. The van der Waals surface area contributed by atoms with Gasteiger partial charge in [0.05, 0.1) is 12.5 Å². The molecule has 0 saturated heterocycles. The molecule has 0 unspecified atom stereocenters. The molecule has 0 spiro atoms. The second kappa shape index (κ2) is 7.33. The predicted molar refractivity (Wildman–Crippen MR) is 98.5 cm³/mol. The van der Waals surface area contributed by atoms with E-state index in [1.54, 1.807) is 31.3 Å². The third kappa shape index (κ3) is 3.56. The number of urea groups is 1. The quantitative estimate of drug-likeness (QED) is 0.825. The maximum absolute atomic E-state index is 13.4. The molecular weight excluding hydrogens is 306 g/mol. The first-order valence-corrected chi connectivity index (χ1v) is 8.20. The van der Waals surface area contributed by atoms with Crippen molar-refractivity contribution >= 4 is 34.3 Å². The van der Waals surface area contributed by atoms with Gasteiger partial charge < -0.3 is 0 Å². The van der Waals surface area contributed by atoms with Crippen LogP contribution in [0.25, 0.3) is 0 Å². The highest BCUT2D eigenvalue weighted by Gasteiger charge is 2.26. The zero-order valence-electron chi connectivity index (χ0n) is 17.7. The van der Waals surface area contributed by atoms with Gasteiger partial charge in [0.25, 0.3) is 0 Å². The van der Waals surface area contributed by atoms with E-state index in [9.17, 15) is 4.79 Å². The monoisotopic (exact) mass is 330 g/mol. The van der Waals surface area contributed by atoms with Crippen LogP contribution in [0.15, 0.2) is 65.5 Å². The number of rotatable bonds is 2. The van der Waals surface area contributed by atoms with Crippen molar-refractivity contribution in [2.45, 2.75) is 6.42 Å². The molecule has 118 valence electrons. The molecule has 0 fully saturated rings. The van der Waals surface area contributed by atoms with Gasteiger partial charge in [-0.05, 0) is 30.6 Å². The Labute approximate surface area is 147 Å². The van der Waals surface area contributed by atoms with E-state index in [0.29, 0.717) is 17.4 Å². The van der Waals surface area contributed by atoms with Crippen molar-refractivity contribution in [2.24, 2.45) is 4.99 Å². The fourth-order valence-electron chi connectivity index (χ4n) is 2.12. The summed E-state index contributed by atoms with van der Waals surface area (Å²) in [5.74, 6) is 0.732. The number of thioether (sulfide) groups is 1. The van der Waals surface area contributed by atoms with Gasteiger partial charge in [-0.2, -0.15) is 0 Å². The summed E-state index contributed by atoms with van der Waals surface area (Å²) >= 11 is 1.33. The number of aliphatic imine (C=N–C) groups is 1. The minimum atomic E-state index is -0.544. The van der Waals surface area contributed by atoms with Crippen LogP contribution in [0.1, 0.15) is 13.3 Å². The molecule has 23 heavy (non-hydrogen) atoms. The lowest BCUT2D eigenvalue weighted by Crippen LogP contribution is -2.44. The topological polar surface area (TPSA) is 35.9 Å². The number of anilines is 2. The van der Waals surface area contributed by atoms with E-state index in [1.807, 2.05) is 6.07 Å². The Hall–Kier alpha value is -2.27. The molecule has 0 bridgehead atoms. The lowest BCUT2D eigenvalue weighted by molar-refractivity contribution is 0.255. The van der Waals surface area contributed by atoms with Gasteiger partial charge in [-0.1, -0.05) is 48.1 Å². The van der Waals surface area contributed by atoms with Gasteiger partial charge in [-0.15, -0.1) is 0 Å². The summed E-state index contributed by atoms with van der Waals surface area (Å²) in [6.45, 7) is 0.514. The first-order valence-electron chi connectivity index (χ1n) is 9.71. The molecule has 0 aliphatic carbocycles. The number of nitrogens with zero attached hydrogens (tertiary/aromatic N) is 3. The Balaban J connectivity index is 2.17. The maximum Gasteiger partial charge on any atom is 0.334 e. The zero-order chi connectivity index (χ0) is 20.4. The summed E-state index contributed by atoms with van der Waals surface area (Å²) in [6.07, 6.45) is 0.852. The van der Waals surface area contributed by atoms with Crippen molar-refractivity contribution < 1.29 is 11.6 Å². The molecule has 2 aromatic carbocycles. The van der Waals surface area contributed by atoms with E-state index < -0.39 is 36.2 Å². The van der Waals surface area contributed by atoms with Crippen LogP contribution >= 0.6 is 11.8 Å². The standard InChI is InChI=1S/C18H19N3OS/c1-20(15-9-4-2-5-10-15)18(22)21(16-11-6-3-7-12-16)17-19-13-8-14-23-17/h2-7,9-12H,8,13-14H2,1H3/i3D,6D,7D,11D,12D. The van der Waals surface area contributed by atoms with Gasteiger partial charge in [-0.3, -0.25) is 9.89 Å². The molecule has 5 heteroatoms. The molecule has 3 rings (SSSR count). The van der Waals surface area contributed by atoms with E-state index in [2.05, 4.69) is 4.99 Å². The highest BCUT2D eigenvalue weighted by molar-refractivity contribution is 8.14. The summed E-state index contributed by atoms with van der Waals surface area (Å²) < 4.78 is 40.2. The van der Waals surface area contributed by atoms with Crippen molar-refractivity contribution in [1.82, 2.24) is 0 Å². The number of benzene rings is 2. The number of amides is 2. The Morgan fingerprint density at radius 3 is 2.57 bits per heavy atom. The molecule has 0 radical (unpaired) electrons.